The molecule has 112 valence electrons. The number of rotatable bonds is 2. The Kier molecular flexibility index (Phi) is 3.70. The molecule has 0 bridgehead atoms. The Bertz CT molecular complexity index is 674. The first-order valence-electron chi connectivity index (χ1n) is 7.83. The summed E-state index contributed by atoms with van der Waals surface area (Å²) in [6, 6.07) is 4.27. The second-order valence-electron chi connectivity index (χ2n) is 6.27. The van der Waals surface area contributed by atoms with Crippen LogP contribution in [0.25, 0.3) is 5.65 Å². The summed E-state index contributed by atoms with van der Waals surface area (Å²) in [5.41, 5.74) is 3.43. The highest BCUT2D eigenvalue weighted by Gasteiger charge is 2.25. The van der Waals surface area contributed by atoms with E-state index in [0.717, 1.165) is 23.3 Å². The molecule has 0 aliphatic heterocycles. The molecule has 0 aromatic carbocycles. The Morgan fingerprint density at radius 1 is 1.33 bits per heavy atom. The van der Waals surface area contributed by atoms with Crippen LogP contribution in [-0.4, -0.2) is 21.3 Å². The van der Waals surface area contributed by atoms with Crippen molar-refractivity contribution in [2.75, 3.05) is 0 Å². The maximum atomic E-state index is 12.7. The average Bonchev–Trinajstić information content (AvgIpc) is 2.79. The molecule has 1 aliphatic carbocycles. The molecular weight excluding hydrogens is 262 g/mol. The molecule has 4 heteroatoms. The Morgan fingerprint density at radius 2 is 2.10 bits per heavy atom. The highest BCUT2D eigenvalue weighted by Crippen LogP contribution is 2.24. The molecule has 1 fully saturated rings. The largest absolute Gasteiger partial charge is 0.348 e. The summed E-state index contributed by atoms with van der Waals surface area (Å²) in [5.74, 6) is 0.563. The Balaban J connectivity index is 1.91. The number of nitrogens with zero attached hydrogens (tertiary/aromatic N) is 2. The lowest BCUT2D eigenvalue weighted by atomic mass is 9.86. The van der Waals surface area contributed by atoms with Gasteiger partial charge in [-0.05, 0) is 44.2 Å². The van der Waals surface area contributed by atoms with Gasteiger partial charge in [-0.3, -0.25) is 9.20 Å². The summed E-state index contributed by atoms with van der Waals surface area (Å²) in [5, 5.41) is 3.22. The van der Waals surface area contributed by atoms with Gasteiger partial charge in [-0.25, -0.2) is 4.98 Å². The van der Waals surface area contributed by atoms with E-state index in [0.29, 0.717) is 17.7 Å². The molecule has 0 radical (unpaired) electrons. The van der Waals surface area contributed by atoms with Crippen LogP contribution in [-0.2, 0) is 0 Å². The van der Waals surface area contributed by atoms with Crippen molar-refractivity contribution in [3.05, 3.63) is 35.3 Å². The lowest BCUT2D eigenvalue weighted by molar-refractivity contribution is 0.0903. The van der Waals surface area contributed by atoms with Gasteiger partial charge < -0.3 is 5.32 Å². The van der Waals surface area contributed by atoms with E-state index >= 15 is 0 Å². The summed E-state index contributed by atoms with van der Waals surface area (Å²) < 4.78 is 1.91. The normalized spacial score (nSPS) is 22.4. The molecule has 2 aromatic heterocycles. The zero-order chi connectivity index (χ0) is 15.0. The monoisotopic (exact) mass is 285 g/mol. The fourth-order valence-corrected chi connectivity index (χ4v) is 3.36. The van der Waals surface area contributed by atoms with Crippen LogP contribution in [0.5, 0.6) is 0 Å². The summed E-state index contributed by atoms with van der Waals surface area (Å²) in [4.78, 5) is 17.2. The molecule has 2 heterocycles. The summed E-state index contributed by atoms with van der Waals surface area (Å²) in [6.45, 7) is 6.16. The minimum absolute atomic E-state index is 0.00403. The smallest absolute Gasteiger partial charge is 0.270 e. The quantitative estimate of drug-likeness (QED) is 0.920. The molecule has 1 aliphatic rings. The summed E-state index contributed by atoms with van der Waals surface area (Å²) in [7, 11) is 0. The Hall–Kier alpha value is -1.84. The average molecular weight is 285 g/mol. The molecule has 2 atom stereocenters. The van der Waals surface area contributed by atoms with Crippen LogP contribution >= 0.6 is 0 Å². The van der Waals surface area contributed by atoms with Crippen LogP contribution in [0.15, 0.2) is 18.3 Å². The van der Waals surface area contributed by atoms with Gasteiger partial charge in [0.1, 0.15) is 11.3 Å². The number of amides is 1. The maximum Gasteiger partial charge on any atom is 0.270 e. The van der Waals surface area contributed by atoms with E-state index in [-0.39, 0.29) is 5.91 Å². The summed E-state index contributed by atoms with van der Waals surface area (Å²) >= 11 is 0. The molecular formula is C17H23N3O. The number of aromatic nitrogens is 2. The molecule has 2 unspecified atom stereocenters. The van der Waals surface area contributed by atoms with Gasteiger partial charge in [-0.1, -0.05) is 25.8 Å². The minimum Gasteiger partial charge on any atom is -0.348 e. The van der Waals surface area contributed by atoms with E-state index in [4.69, 9.17) is 0 Å². The number of nitrogens with one attached hydrogen (secondary N) is 1. The minimum atomic E-state index is 0.00403. The molecule has 3 rings (SSSR count). The van der Waals surface area contributed by atoms with E-state index < -0.39 is 0 Å². The van der Waals surface area contributed by atoms with Crippen molar-refractivity contribution in [1.29, 1.82) is 0 Å². The number of carbonyl (C=O) groups is 1. The predicted molar refractivity (Wildman–Crippen MR) is 83.6 cm³/mol. The predicted octanol–water partition coefficient (Wildman–Crippen LogP) is 3.26. The first-order chi connectivity index (χ1) is 10.1. The van der Waals surface area contributed by atoms with Crippen LogP contribution in [0.3, 0.4) is 0 Å². The molecule has 21 heavy (non-hydrogen) atoms. The van der Waals surface area contributed by atoms with Gasteiger partial charge in [-0.15, -0.1) is 0 Å². The molecule has 2 aromatic rings. The van der Waals surface area contributed by atoms with Gasteiger partial charge in [0.15, 0.2) is 0 Å². The van der Waals surface area contributed by atoms with Gasteiger partial charge in [-0.2, -0.15) is 0 Å². The number of hydrogen-bond donors (Lipinski definition) is 1. The molecule has 4 nitrogen and oxygen atoms in total. The van der Waals surface area contributed by atoms with Crippen LogP contribution in [0.1, 0.15) is 54.4 Å². The van der Waals surface area contributed by atoms with E-state index in [1.165, 1.54) is 19.3 Å². The molecule has 1 saturated carbocycles. The molecule has 0 spiro atoms. The van der Waals surface area contributed by atoms with Gasteiger partial charge >= 0.3 is 0 Å². The van der Waals surface area contributed by atoms with Gasteiger partial charge in [0.2, 0.25) is 0 Å². The number of fused-ring (bicyclic) bond motifs is 1. The number of pyridine rings is 1. The number of carbonyl (C=O) groups excluding carboxylic acids is 1. The van der Waals surface area contributed by atoms with E-state index in [9.17, 15) is 4.79 Å². The van der Waals surface area contributed by atoms with Crippen molar-refractivity contribution in [3.8, 4) is 0 Å². The molecule has 0 saturated heterocycles. The van der Waals surface area contributed by atoms with E-state index in [1.54, 1.807) is 0 Å². The van der Waals surface area contributed by atoms with Crippen LogP contribution in [0.4, 0.5) is 0 Å². The number of imidazole rings is 1. The van der Waals surface area contributed by atoms with Crippen LogP contribution < -0.4 is 5.32 Å². The maximum absolute atomic E-state index is 12.7. The molecule has 1 N–H and O–H groups in total. The fourth-order valence-electron chi connectivity index (χ4n) is 3.36. The van der Waals surface area contributed by atoms with Crippen molar-refractivity contribution < 1.29 is 4.79 Å². The standard InChI is InChI=1S/C17H23N3O/c1-11-7-4-5-9-14(11)19-17(21)15-13(3)18-16-12(2)8-6-10-20(15)16/h6,8,10-11,14H,4-5,7,9H2,1-3H3,(H,19,21). The third-order valence-electron chi connectivity index (χ3n) is 4.66. The van der Waals surface area contributed by atoms with Crippen molar-refractivity contribution in [2.24, 2.45) is 5.92 Å². The van der Waals surface area contributed by atoms with E-state index in [1.807, 2.05) is 36.6 Å². The Labute approximate surface area is 125 Å². The number of hydrogen-bond acceptors (Lipinski definition) is 2. The topological polar surface area (TPSA) is 46.4 Å². The highest BCUT2D eigenvalue weighted by molar-refractivity contribution is 5.95. The van der Waals surface area contributed by atoms with E-state index in [2.05, 4.69) is 17.2 Å². The fraction of sp³-hybridized carbons (Fsp3) is 0.529. The lowest BCUT2D eigenvalue weighted by Gasteiger charge is -2.29. The third kappa shape index (κ3) is 2.55. The van der Waals surface area contributed by atoms with Crippen molar-refractivity contribution in [2.45, 2.75) is 52.5 Å². The van der Waals surface area contributed by atoms with Gasteiger partial charge in [0, 0.05) is 12.2 Å². The van der Waals surface area contributed by atoms with Crippen molar-refractivity contribution in [1.82, 2.24) is 14.7 Å². The van der Waals surface area contributed by atoms with Gasteiger partial charge in [0.25, 0.3) is 5.91 Å². The lowest BCUT2D eigenvalue weighted by Crippen LogP contribution is -2.41. The van der Waals surface area contributed by atoms with Gasteiger partial charge in [0.05, 0.1) is 5.69 Å². The second-order valence-corrected chi connectivity index (χ2v) is 6.27. The Morgan fingerprint density at radius 3 is 2.86 bits per heavy atom. The van der Waals surface area contributed by atoms with Crippen molar-refractivity contribution >= 4 is 11.6 Å². The first kappa shape index (κ1) is 14.1. The molecule has 1 amide bonds. The zero-order valence-corrected chi connectivity index (χ0v) is 13.0. The van der Waals surface area contributed by atoms with Crippen LogP contribution in [0, 0.1) is 19.8 Å². The van der Waals surface area contributed by atoms with Crippen molar-refractivity contribution in [3.63, 3.8) is 0 Å². The SMILES string of the molecule is Cc1nc2c(C)cccn2c1C(=O)NC1CCCCC1C. The van der Waals surface area contributed by atoms with Crippen LogP contribution in [0.2, 0.25) is 0 Å². The zero-order valence-electron chi connectivity index (χ0n) is 13.0. The summed E-state index contributed by atoms with van der Waals surface area (Å²) in [6.07, 6.45) is 6.70. The second kappa shape index (κ2) is 5.51. The third-order valence-corrected chi connectivity index (χ3v) is 4.66. The number of aryl methyl sites for hydroxylation is 2. The highest BCUT2D eigenvalue weighted by atomic mass is 16.2. The first-order valence-corrected chi connectivity index (χ1v) is 7.83.